The quantitative estimate of drug-likeness (QED) is 0.427. The van der Waals surface area contributed by atoms with Gasteiger partial charge in [-0.3, -0.25) is 0 Å². The maximum Gasteiger partial charge on any atom is 0.0753 e. The van der Waals surface area contributed by atoms with Crippen LogP contribution in [0.3, 0.4) is 0 Å². The fourth-order valence-electron chi connectivity index (χ4n) is 1.82. The van der Waals surface area contributed by atoms with Crippen LogP contribution in [0.1, 0.15) is 49.9 Å². The summed E-state index contributed by atoms with van der Waals surface area (Å²) in [5, 5.41) is 0. The van der Waals surface area contributed by atoms with Crippen molar-refractivity contribution in [2.45, 2.75) is 44.4 Å². The number of halogens is 3. The maximum absolute atomic E-state index is 3.86. The molecule has 92 valence electrons. The molecule has 0 nitrogen and oxygen atoms in total. The molecule has 0 saturated carbocycles. The Morgan fingerprint density at radius 2 is 2.00 bits per heavy atom. The van der Waals surface area contributed by atoms with Gasteiger partial charge in [0, 0.05) is 4.83 Å². The van der Waals surface area contributed by atoms with E-state index in [4.69, 9.17) is 0 Å². The van der Waals surface area contributed by atoms with Crippen molar-refractivity contribution < 1.29 is 0 Å². The zero-order valence-corrected chi connectivity index (χ0v) is 15.2. The molecule has 4 heteroatoms. The number of hydrogen-bond donors (Lipinski definition) is 0. The van der Waals surface area contributed by atoms with Crippen molar-refractivity contribution in [3.8, 4) is 0 Å². The molecule has 1 aromatic heterocycles. The molecule has 16 heavy (non-hydrogen) atoms. The zero-order chi connectivity index (χ0) is 12.1. The predicted molar refractivity (Wildman–Crippen MR) is 84.7 cm³/mol. The van der Waals surface area contributed by atoms with Crippen molar-refractivity contribution in [3.63, 3.8) is 0 Å². The van der Waals surface area contributed by atoms with Gasteiger partial charge in [-0.15, -0.1) is 11.3 Å². The van der Waals surface area contributed by atoms with E-state index in [1.807, 2.05) is 0 Å². The van der Waals surface area contributed by atoms with E-state index in [0.29, 0.717) is 4.83 Å². The van der Waals surface area contributed by atoms with E-state index in [2.05, 4.69) is 67.7 Å². The molecule has 0 bridgehead atoms. The molecule has 1 heterocycles. The zero-order valence-electron chi connectivity index (χ0n) is 9.60. The van der Waals surface area contributed by atoms with Crippen molar-refractivity contribution >= 4 is 59.1 Å². The second-order valence-electron chi connectivity index (χ2n) is 3.99. The van der Waals surface area contributed by atoms with Crippen LogP contribution < -0.4 is 0 Å². The van der Waals surface area contributed by atoms with Crippen LogP contribution in [-0.4, -0.2) is 0 Å². The third kappa shape index (κ3) is 4.11. The summed E-state index contributed by atoms with van der Waals surface area (Å²) >= 11 is 12.8. The topological polar surface area (TPSA) is 0 Å². The molecule has 0 N–H and O–H groups in total. The molecule has 2 unspecified atom stereocenters. The van der Waals surface area contributed by atoms with Gasteiger partial charge in [0.25, 0.3) is 0 Å². The average molecular weight is 433 g/mol. The molecule has 0 radical (unpaired) electrons. The monoisotopic (exact) mass is 430 g/mol. The van der Waals surface area contributed by atoms with Gasteiger partial charge < -0.3 is 0 Å². The first-order valence-corrected chi connectivity index (χ1v) is 9.00. The van der Waals surface area contributed by atoms with Gasteiger partial charge in [0.15, 0.2) is 0 Å². The van der Waals surface area contributed by atoms with E-state index < -0.39 is 0 Å². The number of unbranched alkanes of at least 4 members (excludes halogenated alkanes) is 1. The van der Waals surface area contributed by atoms with Gasteiger partial charge in [-0.05, 0) is 55.8 Å². The third-order valence-electron chi connectivity index (χ3n) is 2.85. The van der Waals surface area contributed by atoms with Gasteiger partial charge in [0.2, 0.25) is 0 Å². The summed E-state index contributed by atoms with van der Waals surface area (Å²) < 4.78 is 2.44. The van der Waals surface area contributed by atoms with E-state index >= 15 is 0 Å². The van der Waals surface area contributed by atoms with Crippen molar-refractivity contribution in [3.05, 3.63) is 19.2 Å². The minimum Gasteiger partial charge on any atom is -0.121 e. The van der Waals surface area contributed by atoms with Crippen LogP contribution in [-0.2, 0) is 0 Å². The lowest BCUT2D eigenvalue weighted by Crippen LogP contribution is -2.06. The first-order valence-electron chi connectivity index (χ1n) is 5.68. The predicted octanol–water partition coefficient (Wildman–Crippen LogP) is 6.93. The lowest BCUT2D eigenvalue weighted by atomic mass is 9.93. The van der Waals surface area contributed by atoms with Crippen LogP contribution in [0.4, 0.5) is 0 Å². The highest BCUT2D eigenvalue weighted by Gasteiger charge is 2.22. The maximum atomic E-state index is 3.86. The molecule has 0 amide bonds. The van der Waals surface area contributed by atoms with Crippen molar-refractivity contribution in [2.24, 2.45) is 5.92 Å². The highest BCUT2D eigenvalue weighted by Crippen LogP contribution is 2.44. The number of thiophene rings is 1. The summed E-state index contributed by atoms with van der Waals surface area (Å²) in [6, 6.07) is 2.22. The Morgan fingerprint density at radius 3 is 2.44 bits per heavy atom. The highest BCUT2D eigenvalue weighted by atomic mass is 79.9. The van der Waals surface area contributed by atoms with E-state index in [1.165, 1.54) is 38.8 Å². The van der Waals surface area contributed by atoms with Gasteiger partial charge in [0.05, 0.1) is 7.57 Å². The standard InChI is InChI=1S/C12H17Br3S/c1-3-5-6-8(4-2)11(14)9-7-10(13)16-12(9)15/h7-8,11H,3-6H2,1-2H3. The Labute approximate surface area is 128 Å². The van der Waals surface area contributed by atoms with E-state index in [9.17, 15) is 0 Å². The second kappa shape index (κ2) is 7.55. The fraction of sp³-hybridized carbons (Fsp3) is 0.667. The Kier molecular flexibility index (Phi) is 7.17. The first-order chi connectivity index (χ1) is 7.60. The minimum atomic E-state index is 0.473. The van der Waals surface area contributed by atoms with Gasteiger partial charge in [-0.2, -0.15) is 0 Å². The summed E-state index contributed by atoms with van der Waals surface area (Å²) in [6.07, 6.45) is 5.15. The third-order valence-corrected chi connectivity index (χ3v) is 6.47. The summed E-state index contributed by atoms with van der Waals surface area (Å²) in [4.78, 5) is 0.473. The van der Waals surface area contributed by atoms with Crippen molar-refractivity contribution in [2.75, 3.05) is 0 Å². The molecule has 0 fully saturated rings. The molecule has 0 aromatic carbocycles. The number of rotatable bonds is 6. The van der Waals surface area contributed by atoms with Crippen LogP contribution in [0.25, 0.3) is 0 Å². The van der Waals surface area contributed by atoms with Gasteiger partial charge in [0.1, 0.15) is 0 Å². The summed E-state index contributed by atoms with van der Waals surface area (Å²) in [5.74, 6) is 0.734. The lowest BCUT2D eigenvalue weighted by molar-refractivity contribution is 0.446. The Morgan fingerprint density at radius 1 is 1.31 bits per heavy atom. The Bertz CT molecular complexity index is 322. The molecular formula is C12H17Br3S. The molecular weight excluding hydrogens is 416 g/mol. The SMILES string of the molecule is CCCCC(CC)C(Br)c1cc(Br)sc1Br. The molecule has 0 aliphatic heterocycles. The summed E-state index contributed by atoms with van der Waals surface area (Å²) in [5.41, 5.74) is 1.39. The Hall–Kier alpha value is 1.14. The van der Waals surface area contributed by atoms with Gasteiger partial charge in [-0.25, -0.2) is 0 Å². The molecule has 0 aliphatic carbocycles. The summed E-state index contributed by atoms with van der Waals surface area (Å²) in [7, 11) is 0. The van der Waals surface area contributed by atoms with Crippen LogP contribution in [0.5, 0.6) is 0 Å². The average Bonchev–Trinajstić information content (AvgIpc) is 2.58. The summed E-state index contributed by atoms with van der Waals surface area (Å²) in [6.45, 7) is 4.54. The van der Waals surface area contributed by atoms with Crippen molar-refractivity contribution in [1.82, 2.24) is 0 Å². The number of alkyl halides is 1. The van der Waals surface area contributed by atoms with Crippen LogP contribution in [0, 0.1) is 5.92 Å². The molecule has 0 saturated heterocycles. The fourth-order valence-corrected chi connectivity index (χ4v) is 6.21. The largest absolute Gasteiger partial charge is 0.121 e. The Balaban J connectivity index is 2.74. The van der Waals surface area contributed by atoms with Crippen LogP contribution >= 0.6 is 59.1 Å². The van der Waals surface area contributed by atoms with Crippen LogP contribution in [0.15, 0.2) is 13.6 Å². The van der Waals surface area contributed by atoms with E-state index in [0.717, 1.165) is 5.92 Å². The van der Waals surface area contributed by atoms with Gasteiger partial charge in [-0.1, -0.05) is 49.0 Å². The molecule has 0 aliphatic rings. The second-order valence-corrected chi connectivity index (χ2v) is 8.73. The molecule has 2 atom stereocenters. The smallest absolute Gasteiger partial charge is 0.0753 e. The van der Waals surface area contributed by atoms with Crippen molar-refractivity contribution in [1.29, 1.82) is 0 Å². The first kappa shape index (κ1) is 15.2. The van der Waals surface area contributed by atoms with E-state index in [1.54, 1.807) is 11.3 Å². The van der Waals surface area contributed by atoms with Gasteiger partial charge >= 0.3 is 0 Å². The lowest BCUT2D eigenvalue weighted by Gasteiger charge is -2.20. The minimum absolute atomic E-state index is 0.473. The van der Waals surface area contributed by atoms with Crippen LogP contribution in [0.2, 0.25) is 0 Å². The van der Waals surface area contributed by atoms with E-state index in [-0.39, 0.29) is 0 Å². The normalized spacial score (nSPS) is 15.1. The highest BCUT2D eigenvalue weighted by molar-refractivity contribution is 9.12. The molecule has 1 aromatic rings. The number of hydrogen-bond acceptors (Lipinski definition) is 1. The molecule has 1 rings (SSSR count). The molecule has 0 spiro atoms.